The molecular formula is C11H19N3O2. The summed E-state index contributed by atoms with van der Waals surface area (Å²) in [7, 11) is 1.78. The second-order valence-electron chi connectivity index (χ2n) is 4.31. The van der Waals surface area contributed by atoms with Crippen LogP contribution in [-0.4, -0.2) is 21.9 Å². The van der Waals surface area contributed by atoms with Gasteiger partial charge in [0.2, 0.25) is 0 Å². The Morgan fingerprint density at radius 2 is 2.12 bits per heavy atom. The molecule has 2 unspecified atom stereocenters. The molecule has 5 heteroatoms. The van der Waals surface area contributed by atoms with Crippen molar-refractivity contribution >= 4 is 5.97 Å². The first-order valence-corrected chi connectivity index (χ1v) is 5.36. The first-order valence-electron chi connectivity index (χ1n) is 5.36. The van der Waals surface area contributed by atoms with Crippen molar-refractivity contribution in [2.75, 3.05) is 0 Å². The molecule has 90 valence electrons. The summed E-state index contributed by atoms with van der Waals surface area (Å²) < 4.78 is 6.84. The van der Waals surface area contributed by atoms with Crippen molar-refractivity contribution in [1.82, 2.24) is 9.78 Å². The summed E-state index contributed by atoms with van der Waals surface area (Å²) in [4.78, 5) is 11.7. The third-order valence-corrected chi connectivity index (χ3v) is 2.58. The Hall–Kier alpha value is -1.36. The minimum absolute atomic E-state index is 0.129. The third-order valence-electron chi connectivity index (χ3n) is 2.58. The van der Waals surface area contributed by atoms with E-state index in [1.165, 1.54) is 0 Å². The molecule has 0 saturated carbocycles. The van der Waals surface area contributed by atoms with Crippen molar-refractivity contribution < 1.29 is 9.53 Å². The number of hydrogen-bond donors (Lipinski definition) is 1. The van der Waals surface area contributed by atoms with Gasteiger partial charge in [-0.1, -0.05) is 13.8 Å². The van der Waals surface area contributed by atoms with Crippen molar-refractivity contribution in [2.45, 2.75) is 32.9 Å². The summed E-state index contributed by atoms with van der Waals surface area (Å²) in [6, 6.07) is -0.755. The lowest BCUT2D eigenvalue weighted by molar-refractivity contribution is -0.152. The van der Waals surface area contributed by atoms with E-state index in [-0.39, 0.29) is 12.0 Å². The van der Waals surface area contributed by atoms with Gasteiger partial charge in [0.15, 0.2) is 0 Å². The summed E-state index contributed by atoms with van der Waals surface area (Å²) >= 11 is 0. The molecule has 0 spiro atoms. The molecule has 0 saturated heterocycles. The fourth-order valence-electron chi connectivity index (χ4n) is 1.13. The van der Waals surface area contributed by atoms with Gasteiger partial charge in [0.1, 0.15) is 12.1 Å². The monoisotopic (exact) mass is 225 g/mol. The van der Waals surface area contributed by atoms with Crippen LogP contribution in [0.4, 0.5) is 0 Å². The van der Waals surface area contributed by atoms with Gasteiger partial charge >= 0.3 is 5.97 Å². The van der Waals surface area contributed by atoms with E-state index in [4.69, 9.17) is 10.5 Å². The average molecular weight is 225 g/mol. The number of nitrogens with two attached hydrogens (primary N) is 1. The fourth-order valence-corrected chi connectivity index (χ4v) is 1.13. The molecule has 16 heavy (non-hydrogen) atoms. The van der Waals surface area contributed by atoms with Crippen molar-refractivity contribution in [2.24, 2.45) is 18.7 Å². The van der Waals surface area contributed by atoms with Gasteiger partial charge in [-0.2, -0.15) is 5.10 Å². The van der Waals surface area contributed by atoms with Gasteiger partial charge in [-0.25, -0.2) is 4.79 Å². The first kappa shape index (κ1) is 12.7. The second kappa shape index (κ2) is 5.12. The lowest BCUT2D eigenvalue weighted by Gasteiger charge is -2.18. The highest BCUT2D eigenvalue weighted by Crippen LogP contribution is 2.14. The summed E-state index contributed by atoms with van der Waals surface area (Å²) in [6.07, 6.45) is 3.16. The molecule has 0 aliphatic carbocycles. The predicted octanol–water partition coefficient (Wildman–Crippen LogP) is 1.01. The summed E-state index contributed by atoms with van der Waals surface area (Å²) in [6.45, 7) is 5.85. The van der Waals surface area contributed by atoms with Gasteiger partial charge in [0.25, 0.3) is 0 Å². The number of rotatable bonds is 4. The Balaban J connectivity index is 2.61. The first-order chi connectivity index (χ1) is 7.41. The van der Waals surface area contributed by atoms with Gasteiger partial charge in [0.05, 0.1) is 6.20 Å². The molecule has 0 fully saturated rings. The van der Waals surface area contributed by atoms with Crippen LogP contribution < -0.4 is 5.73 Å². The quantitative estimate of drug-likeness (QED) is 0.776. The van der Waals surface area contributed by atoms with E-state index in [2.05, 4.69) is 5.10 Å². The topological polar surface area (TPSA) is 70.1 Å². The number of carbonyl (C=O) groups excluding carboxylic acids is 1. The number of aromatic nitrogens is 2. The van der Waals surface area contributed by atoms with Gasteiger partial charge in [-0.3, -0.25) is 4.68 Å². The molecule has 1 heterocycles. The Bertz CT molecular complexity index is 360. The second-order valence-corrected chi connectivity index (χ2v) is 4.31. The van der Waals surface area contributed by atoms with Gasteiger partial charge in [0, 0.05) is 18.8 Å². The van der Waals surface area contributed by atoms with E-state index < -0.39 is 12.0 Å². The number of hydrogen-bond acceptors (Lipinski definition) is 4. The van der Waals surface area contributed by atoms with Crippen LogP contribution in [0.15, 0.2) is 12.4 Å². The largest absolute Gasteiger partial charge is 0.461 e. The minimum Gasteiger partial charge on any atom is -0.461 e. The third kappa shape index (κ3) is 3.06. The van der Waals surface area contributed by atoms with E-state index in [1.807, 2.05) is 20.8 Å². The Morgan fingerprint density at radius 1 is 1.50 bits per heavy atom. The highest BCUT2D eigenvalue weighted by Gasteiger charge is 2.22. The summed E-state index contributed by atoms with van der Waals surface area (Å²) in [5.74, 6) is -0.126. The maximum Gasteiger partial charge on any atom is 0.327 e. The highest BCUT2D eigenvalue weighted by molar-refractivity contribution is 5.77. The van der Waals surface area contributed by atoms with Crippen LogP contribution >= 0.6 is 0 Å². The smallest absolute Gasteiger partial charge is 0.327 e. The molecule has 5 nitrogen and oxygen atoms in total. The van der Waals surface area contributed by atoms with Crippen LogP contribution in [0.2, 0.25) is 0 Å². The lowest BCUT2D eigenvalue weighted by atomic mass is 10.1. The number of nitrogens with zero attached hydrogens (tertiary/aromatic N) is 2. The Morgan fingerprint density at radius 3 is 2.56 bits per heavy atom. The molecule has 0 aliphatic heterocycles. The average Bonchev–Trinajstić information content (AvgIpc) is 2.63. The maximum absolute atomic E-state index is 11.7. The number of ether oxygens (including phenoxy) is 1. The van der Waals surface area contributed by atoms with E-state index in [9.17, 15) is 4.79 Å². The van der Waals surface area contributed by atoms with Crippen LogP contribution in [0.25, 0.3) is 0 Å². The Labute approximate surface area is 95.6 Å². The number of esters is 1. The van der Waals surface area contributed by atoms with Crippen molar-refractivity contribution in [1.29, 1.82) is 0 Å². The summed E-state index contributed by atoms with van der Waals surface area (Å²) in [5.41, 5.74) is 6.44. The molecule has 0 aromatic carbocycles. The van der Waals surface area contributed by atoms with Crippen LogP contribution in [0, 0.1) is 5.92 Å². The molecular weight excluding hydrogens is 206 g/mol. The summed E-state index contributed by atoms with van der Waals surface area (Å²) in [5, 5.41) is 3.96. The molecule has 0 aliphatic rings. The molecule has 2 atom stereocenters. The normalized spacial score (nSPS) is 14.9. The van der Waals surface area contributed by atoms with E-state index in [0.29, 0.717) is 5.56 Å². The lowest BCUT2D eigenvalue weighted by Crippen LogP contribution is -2.28. The number of aryl methyl sites for hydroxylation is 1. The zero-order chi connectivity index (χ0) is 12.3. The SMILES string of the molecule is CC(C)C(C)OC(=O)C(N)c1cnn(C)c1. The highest BCUT2D eigenvalue weighted by atomic mass is 16.5. The minimum atomic E-state index is -0.755. The standard InChI is InChI=1S/C11H19N3O2/c1-7(2)8(3)16-11(15)10(12)9-5-13-14(4)6-9/h5-8,10H,12H2,1-4H3. The maximum atomic E-state index is 11.7. The fraction of sp³-hybridized carbons (Fsp3) is 0.636. The van der Waals surface area contributed by atoms with Crippen LogP contribution in [0.3, 0.4) is 0 Å². The number of carbonyl (C=O) groups is 1. The molecule has 1 rings (SSSR count). The van der Waals surface area contributed by atoms with Gasteiger partial charge in [-0.05, 0) is 12.8 Å². The molecule has 2 N–H and O–H groups in total. The molecule has 1 aromatic heterocycles. The molecule has 0 bridgehead atoms. The van der Waals surface area contributed by atoms with Crippen LogP contribution in [0.1, 0.15) is 32.4 Å². The Kier molecular flexibility index (Phi) is 4.06. The van der Waals surface area contributed by atoms with E-state index >= 15 is 0 Å². The molecule has 0 radical (unpaired) electrons. The van der Waals surface area contributed by atoms with Crippen LogP contribution in [-0.2, 0) is 16.6 Å². The van der Waals surface area contributed by atoms with Gasteiger partial charge in [-0.15, -0.1) is 0 Å². The zero-order valence-corrected chi connectivity index (χ0v) is 10.2. The predicted molar refractivity (Wildman–Crippen MR) is 60.5 cm³/mol. The molecule has 0 amide bonds. The van der Waals surface area contributed by atoms with Crippen LogP contribution in [0.5, 0.6) is 0 Å². The van der Waals surface area contributed by atoms with Crippen molar-refractivity contribution in [3.8, 4) is 0 Å². The van der Waals surface area contributed by atoms with Gasteiger partial charge < -0.3 is 10.5 Å². The van der Waals surface area contributed by atoms with Crippen molar-refractivity contribution in [3.05, 3.63) is 18.0 Å². The van der Waals surface area contributed by atoms with Crippen molar-refractivity contribution in [3.63, 3.8) is 0 Å². The van der Waals surface area contributed by atoms with E-state index in [0.717, 1.165) is 0 Å². The molecule has 1 aromatic rings. The zero-order valence-electron chi connectivity index (χ0n) is 10.2. The van der Waals surface area contributed by atoms with E-state index in [1.54, 1.807) is 24.1 Å².